The number of carbonyl (C=O) groups excluding carboxylic acids is 3. The SMILES string of the molecule is CCCCCCCOc1ccc(C(=O)Oc2ccc(CC(NC(=O)c3ccc(NC(=O)[C@@H](C)c4ccccc4)cc3)C(=O)O)cc2OC)cc1. The summed E-state index contributed by atoms with van der Waals surface area (Å²) in [5.74, 6) is -1.91. The highest BCUT2D eigenvalue weighted by Crippen LogP contribution is 2.30. The van der Waals surface area contributed by atoms with Gasteiger partial charge in [0.15, 0.2) is 11.5 Å². The van der Waals surface area contributed by atoms with Crippen LogP contribution in [0.1, 0.15) is 83.7 Å². The lowest BCUT2D eigenvalue weighted by atomic mass is 10.0. The van der Waals surface area contributed by atoms with Crippen LogP contribution in [0.2, 0.25) is 0 Å². The average Bonchev–Trinajstić information content (AvgIpc) is 3.13. The maximum Gasteiger partial charge on any atom is 0.343 e. The van der Waals surface area contributed by atoms with Gasteiger partial charge in [-0.1, -0.05) is 69.0 Å². The Morgan fingerprint density at radius 3 is 2.12 bits per heavy atom. The van der Waals surface area contributed by atoms with Gasteiger partial charge in [-0.25, -0.2) is 9.59 Å². The largest absolute Gasteiger partial charge is 0.494 e. The van der Waals surface area contributed by atoms with Crippen LogP contribution in [0.5, 0.6) is 17.2 Å². The van der Waals surface area contributed by atoms with Crippen molar-refractivity contribution >= 4 is 29.4 Å². The summed E-state index contributed by atoms with van der Waals surface area (Å²) in [6.45, 7) is 4.60. The van der Waals surface area contributed by atoms with E-state index in [9.17, 15) is 24.3 Å². The third-order valence-corrected chi connectivity index (χ3v) is 8.19. The van der Waals surface area contributed by atoms with Crippen LogP contribution in [0, 0.1) is 0 Å². The summed E-state index contributed by atoms with van der Waals surface area (Å²) in [5, 5.41) is 15.3. The standard InChI is InChI=1S/C40H44N2O8/c1-4-5-6-7-11-24-49-33-21-17-31(18-22-33)40(47)50-35-23-14-28(26-36(35)48-3)25-34(39(45)46)42-38(44)30-15-19-32(20-16-30)41-37(43)27(2)29-12-9-8-10-13-29/h8-10,12-23,26-27,34H,4-7,11,24-25H2,1-3H3,(H,41,43)(H,42,44)(H,45,46)/t27-,34?/m0/s1. The van der Waals surface area contributed by atoms with E-state index in [1.165, 1.54) is 44.6 Å². The van der Waals surface area contributed by atoms with Crippen molar-refractivity contribution in [3.63, 3.8) is 0 Å². The molecule has 10 nitrogen and oxygen atoms in total. The summed E-state index contributed by atoms with van der Waals surface area (Å²) in [6.07, 6.45) is 5.65. The summed E-state index contributed by atoms with van der Waals surface area (Å²) >= 11 is 0. The smallest absolute Gasteiger partial charge is 0.343 e. The number of unbranched alkanes of at least 4 members (excludes halogenated alkanes) is 4. The average molecular weight is 681 g/mol. The molecule has 2 amide bonds. The first-order valence-corrected chi connectivity index (χ1v) is 16.8. The van der Waals surface area contributed by atoms with E-state index in [1.807, 2.05) is 30.3 Å². The molecule has 0 bridgehead atoms. The van der Waals surface area contributed by atoms with Crippen molar-refractivity contribution in [3.05, 3.63) is 119 Å². The van der Waals surface area contributed by atoms with Crippen LogP contribution in [-0.2, 0) is 16.0 Å². The first-order chi connectivity index (χ1) is 24.2. The van der Waals surface area contributed by atoms with Crippen LogP contribution in [-0.4, -0.2) is 48.6 Å². The third kappa shape index (κ3) is 10.9. The number of nitrogens with one attached hydrogen (secondary N) is 2. The van der Waals surface area contributed by atoms with E-state index in [1.54, 1.807) is 55.5 Å². The number of esters is 1. The zero-order valence-corrected chi connectivity index (χ0v) is 28.6. The van der Waals surface area contributed by atoms with Crippen molar-refractivity contribution in [2.24, 2.45) is 0 Å². The Morgan fingerprint density at radius 1 is 0.780 bits per heavy atom. The van der Waals surface area contributed by atoms with Gasteiger partial charge in [0.1, 0.15) is 11.8 Å². The van der Waals surface area contributed by atoms with Gasteiger partial charge in [-0.05, 0) is 85.1 Å². The van der Waals surface area contributed by atoms with Crippen LogP contribution >= 0.6 is 0 Å². The van der Waals surface area contributed by atoms with E-state index in [4.69, 9.17) is 14.2 Å². The van der Waals surface area contributed by atoms with Gasteiger partial charge in [-0.3, -0.25) is 9.59 Å². The molecule has 0 heterocycles. The van der Waals surface area contributed by atoms with Crippen LogP contribution in [0.15, 0.2) is 97.1 Å². The van der Waals surface area contributed by atoms with E-state index in [0.29, 0.717) is 29.2 Å². The summed E-state index contributed by atoms with van der Waals surface area (Å²) in [5.41, 5.74) is 2.48. The Kier molecular flexibility index (Phi) is 14.0. The van der Waals surface area contributed by atoms with E-state index in [0.717, 1.165) is 18.4 Å². The molecular formula is C40H44N2O8. The molecule has 0 spiro atoms. The lowest BCUT2D eigenvalue weighted by Gasteiger charge is -2.17. The highest BCUT2D eigenvalue weighted by molar-refractivity contribution is 5.98. The number of methoxy groups -OCH3 is 1. The minimum atomic E-state index is -1.26. The van der Waals surface area contributed by atoms with Gasteiger partial charge in [0.05, 0.1) is 25.2 Å². The zero-order chi connectivity index (χ0) is 35.9. The molecule has 10 heteroatoms. The molecule has 50 heavy (non-hydrogen) atoms. The molecule has 1 unspecified atom stereocenters. The number of carboxylic acids is 1. The maximum atomic E-state index is 13.0. The molecule has 0 aliphatic rings. The van der Waals surface area contributed by atoms with Gasteiger partial charge in [0, 0.05) is 17.7 Å². The summed E-state index contributed by atoms with van der Waals surface area (Å²) < 4.78 is 16.8. The molecule has 4 rings (SSSR count). The van der Waals surface area contributed by atoms with Gasteiger partial charge < -0.3 is 30.0 Å². The molecule has 0 saturated carbocycles. The lowest BCUT2D eigenvalue weighted by Crippen LogP contribution is -2.42. The number of hydrogen-bond donors (Lipinski definition) is 3. The highest BCUT2D eigenvalue weighted by atomic mass is 16.6. The number of amides is 2. The molecule has 0 fully saturated rings. The monoisotopic (exact) mass is 680 g/mol. The van der Waals surface area contributed by atoms with E-state index >= 15 is 0 Å². The van der Waals surface area contributed by atoms with Crippen molar-refractivity contribution in [2.45, 2.75) is 64.3 Å². The van der Waals surface area contributed by atoms with Crippen LogP contribution in [0.4, 0.5) is 5.69 Å². The molecule has 3 N–H and O–H groups in total. The molecule has 0 radical (unpaired) electrons. The molecule has 0 saturated heterocycles. The normalized spacial score (nSPS) is 11.9. The van der Waals surface area contributed by atoms with E-state index in [2.05, 4.69) is 17.6 Å². The quantitative estimate of drug-likeness (QED) is 0.0560. The molecule has 2 atom stereocenters. The van der Waals surface area contributed by atoms with E-state index in [-0.39, 0.29) is 35.3 Å². The van der Waals surface area contributed by atoms with Crippen molar-refractivity contribution in [2.75, 3.05) is 19.0 Å². The van der Waals surface area contributed by atoms with Crippen molar-refractivity contribution < 1.29 is 38.5 Å². The number of ether oxygens (including phenoxy) is 3. The Morgan fingerprint density at radius 2 is 1.46 bits per heavy atom. The van der Waals surface area contributed by atoms with Crippen LogP contribution in [0.3, 0.4) is 0 Å². The van der Waals surface area contributed by atoms with Crippen LogP contribution < -0.4 is 24.8 Å². The fourth-order valence-corrected chi connectivity index (χ4v) is 5.19. The second kappa shape index (κ2) is 18.8. The first-order valence-electron chi connectivity index (χ1n) is 16.8. The van der Waals surface area contributed by atoms with Crippen LogP contribution in [0.25, 0.3) is 0 Å². The molecule has 0 aromatic heterocycles. The maximum absolute atomic E-state index is 13.0. The highest BCUT2D eigenvalue weighted by Gasteiger charge is 2.23. The minimum absolute atomic E-state index is 0.0583. The number of carbonyl (C=O) groups is 4. The first kappa shape index (κ1) is 37.2. The minimum Gasteiger partial charge on any atom is -0.494 e. The predicted octanol–water partition coefficient (Wildman–Crippen LogP) is 7.43. The number of rotatable bonds is 18. The fraction of sp³-hybridized carbons (Fsp3) is 0.300. The molecule has 0 aliphatic carbocycles. The second-order valence-electron chi connectivity index (χ2n) is 11.9. The van der Waals surface area contributed by atoms with Crippen molar-refractivity contribution in [1.82, 2.24) is 5.32 Å². The number of aliphatic carboxylic acids is 1. The zero-order valence-electron chi connectivity index (χ0n) is 28.6. The predicted molar refractivity (Wildman–Crippen MR) is 191 cm³/mol. The summed E-state index contributed by atoms with van der Waals surface area (Å²) in [4.78, 5) is 50.6. The molecule has 4 aromatic carbocycles. The van der Waals surface area contributed by atoms with Gasteiger partial charge in [0.25, 0.3) is 5.91 Å². The summed E-state index contributed by atoms with van der Waals surface area (Å²) in [6, 6.07) is 25.7. The Balaban J connectivity index is 1.31. The Labute approximate surface area is 292 Å². The Hall–Kier alpha value is -5.64. The Bertz CT molecular complexity index is 1720. The molecule has 0 aliphatic heterocycles. The number of hydrogen-bond acceptors (Lipinski definition) is 7. The summed E-state index contributed by atoms with van der Waals surface area (Å²) in [7, 11) is 1.41. The fourth-order valence-electron chi connectivity index (χ4n) is 5.19. The third-order valence-electron chi connectivity index (χ3n) is 8.19. The topological polar surface area (TPSA) is 140 Å². The number of carboxylic acid groups (broad SMARTS) is 1. The number of benzene rings is 4. The molecule has 262 valence electrons. The van der Waals surface area contributed by atoms with Crippen molar-refractivity contribution in [1.29, 1.82) is 0 Å². The van der Waals surface area contributed by atoms with E-state index < -0.39 is 23.9 Å². The second-order valence-corrected chi connectivity index (χ2v) is 11.9. The van der Waals surface area contributed by atoms with Crippen molar-refractivity contribution in [3.8, 4) is 17.2 Å². The van der Waals surface area contributed by atoms with Gasteiger partial charge in [-0.15, -0.1) is 0 Å². The van der Waals surface area contributed by atoms with Gasteiger partial charge >= 0.3 is 11.9 Å². The van der Waals surface area contributed by atoms with Gasteiger partial charge in [-0.2, -0.15) is 0 Å². The molecular weight excluding hydrogens is 636 g/mol. The van der Waals surface area contributed by atoms with Gasteiger partial charge in [0.2, 0.25) is 5.91 Å². The molecule has 4 aromatic rings. The lowest BCUT2D eigenvalue weighted by molar-refractivity contribution is -0.139. The number of anilines is 1.